The normalized spacial score (nSPS) is 12.1. The average molecular weight is 373 g/mol. The molecule has 1 heterocycles. The van der Waals surface area contributed by atoms with E-state index < -0.39 is 23.3 Å². The zero-order valence-corrected chi connectivity index (χ0v) is 14.2. The maximum atomic E-state index is 13.0. The molecule has 140 valence electrons. The van der Waals surface area contributed by atoms with Crippen LogP contribution in [0.4, 0.5) is 4.39 Å². The summed E-state index contributed by atoms with van der Waals surface area (Å²) in [6.45, 7) is 1.44. The first-order valence-corrected chi connectivity index (χ1v) is 8.03. The number of phenols is 1. The Morgan fingerprint density at radius 3 is 2.63 bits per heavy atom. The summed E-state index contributed by atoms with van der Waals surface area (Å²) in [5.41, 5.74) is -0.101. The van der Waals surface area contributed by atoms with Crippen LogP contribution < -0.4 is 15.5 Å². The second-order valence-electron chi connectivity index (χ2n) is 5.87. The maximum absolute atomic E-state index is 13.0. The van der Waals surface area contributed by atoms with E-state index >= 15 is 0 Å². The van der Waals surface area contributed by atoms with Crippen LogP contribution >= 0.6 is 0 Å². The van der Waals surface area contributed by atoms with E-state index in [0.29, 0.717) is 0 Å². The summed E-state index contributed by atoms with van der Waals surface area (Å²) < 4.78 is 23.9. The number of carboxylic acid groups (broad SMARTS) is 1. The van der Waals surface area contributed by atoms with Crippen molar-refractivity contribution < 1.29 is 28.6 Å². The van der Waals surface area contributed by atoms with E-state index in [0.717, 1.165) is 6.26 Å². The topological polar surface area (TPSA) is 109 Å². The smallest absolute Gasteiger partial charge is 0.320 e. The van der Waals surface area contributed by atoms with Crippen LogP contribution in [0.1, 0.15) is 12.5 Å². The summed E-state index contributed by atoms with van der Waals surface area (Å²) >= 11 is 0. The van der Waals surface area contributed by atoms with Crippen LogP contribution in [0.3, 0.4) is 0 Å². The first-order chi connectivity index (χ1) is 12.9. The molecule has 0 aliphatic carbocycles. The number of carboxylic acids is 1. The molecule has 1 aromatic heterocycles. The summed E-state index contributed by atoms with van der Waals surface area (Å²) in [6.07, 6.45) is 1.09. The molecule has 0 radical (unpaired) electrons. The number of aliphatic carboxylic acids is 1. The SMILES string of the molecule is C[C@@H](NCc1c(O)ccc2c(=O)c(Oc3ccc(F)cc3)coc12)C(=O)O. The van der Waals surface area contributed by atoms with Gasteiger partial charge in [-0.2, -0.15) is 0 Å². The molecule has 0 aliphatic rings. The molecule has 1 atom stereocenters. The molecular formula is C19H16FNO6. The number of fused-ring (bicyclic) bond motifs is 1. The quantitative estimate of drug-likeness (QED) is 0.609. The van der Waals surface area contributed by atoms with E-state index in [1.807, 2.05) is 0 Å². The van der Waals surface area contributed by atoms with Crippen LogP contribution in [0.15, 0.2) is 51.9 Å². The van der Waals surface area contributed by atoms with Gasteiger partial charge in [-0.25, -0.2) is 4.39 Å². The predicted molar refractivity (Wildman–Crippen MR) is 94.6 cm³/mol. The molecule has 7 nitrogen and oxygen atoms in total. The number of phenolic OH excluding ortho intramolecular Hbond substituents is 1. The summed E-state index contributed by atoms with van der Waals surface area (Å²) in [5, 5.41) is 21.9. The predicted octanol–water partition coefficient (Wildman–Crippen LogP) is 2.99. The summed E-state index contributed by atoms with van der Waals surface area (Å²) in [4.78, 5) is 23.6. The van der Waals surface area contributed by atoms with E-state index in [-0.39, 0.29) is 40.3 Å². The van der Waals surface area contributed by atoms with Crippen LogP contribution in [0.2, 0.25) is 0 Å². The molecule has 0 aliphatic heterocycles. The van der Waals surface area contributed by atoms with Crippen molar-refractivity contribution in [2.75, 3.05) is 0 Å². The molecule has 0 amide bonds. The lowest BCUT2D eigenvalue weighted by Crippen LogP contribution is -2.33. The highest BCUT2D eigenvalue weighted by Crippen LogP contribution is 2.28. The van der Waals surface area contributed by atoms with Crippen molar-refractivity contribution in [3.05, 3.63) is 64.3 Å². The van der Waals surface area contributed by atoms with Crippen LogP contribution in [0.5, 0.6) is 17.2 Å². The van der Waals surface area contributed by atoms with Gasteiger partial charge in [-0.3, -0.25) is 9.59 Å². The zero-order chi connectivity index (χ0) is 19.6. The fourth-order valence-electron chi connectivity index (χ4n) is 2.44. The van der Waals surface area contributed by atoms with Gasteiger partial charge >= 0.3 is 5.97 Å². The van der Waals surface area contributed by atoms with Crippen molar-refractivity contribution in [3.8, 4) is 17.2 Å². The van der Waals surface area contributed by atoms with Crippen molar-refractivity contribution in [3.63, 3.8) is 0 Å². The Kier molecular flexibility index (Phi) is 5.09. The van der Waals surface area contributed by atoms with Gasteiger partial charge in [0.15, 0.2) is 0 Å². The van der Waals surface area contributed by atoms with Gasteiger partial charge in [-0.15, -0.1) is 0 Å². The second-order valence-corrected chi connectivity index (χ2v) is 5.87. The Hall–Kier alpha value is -3.39. The maximum Gasteiger partial charge on any atom is 0.320 e. The third-order valence-electron chi connectivity index (χ3n) is 3.98. The highest BCUT2D eigenvalue weighted by molar-refractivity contribution is 5.83. The highest BCUT2D eigenvalue weighted by Gasteiger charge is 2.17. The largest absolute Gasteiger partial charge is 0.507 e. The Morgan fingerprint density at radius 1 is 1.26 bits per heavy atom. The van der Waals surface area contributed by atoms with Crippen LogP contribution in [0, 0.1) is 5.82 Å². The van der Waals surface area contributed by atoms with Crippen LogP contribution in [0.25, 0.3) is 11.0 Å². The molecule has 0 saturated carbocycles. The molecule has 3 rings (SSSR count). The van der Waals surface area contributed by atoms with E-state index in [1.54, 1.807) is 0 Å². The van der Waals surface area contributed by atoms with Gasteiger partial charge in [-0.1, -0.05) is 0 Å². The lowest BCUT2D eigenvalue weighted by atomic mass is 10.1. The Balaban J connectivity index is 1.96. The number of nitrogens with one attached hydrogen (secondary N) is 1. The van der Waals surface area contributed by atoms with Gasteiger partial charge in [-0.05, 0) is 43.3 Å². The van der Waals surface area contributed by atoms with Crippen LogP contribution in [-0.2, 0) is 11.3 Å². The molecular weight excluding hydrogens is 357 g/mol. The first kappa shape index (κ1) is 18.4. The van der Waals surface area contributed by atoms with E-state index in [2.05, 4.69) is 5.32 Å². The molecule has 27 heavy (non-hydrogen) atoms. The molecule has 0 saturated heterocycles. The molecule has 0 fully saturated rings. The minimum Gasteiger partial charge on any atom is -0.507 e. The standard InChI is InChI=1S/C19H16FNO6/c1-10(19(24)25)21-8-14-15(22)7-6-13-17(23)16(9-26-18(13)14)27-12-4-2-11(20)3-5-12/h2-7,9-10,21-22H,8H2,1H3,(H,24,25)/t10-/m1/s1. The zero-order valence-electron chi connectivity index (χ0n) is 14.2. The molecule has 3 N–H and O–H groups in total. The molecule has 0 unspecified atom stereocenters. The van der Waals surface area contributed by atoms with Crippen molar-refractivity contribution in [1.29, 1.82) is 0 Å². The van der Waals surface area contributed by atoms with Gasteiger partial charge in [0, 0.05) is 6.54 Å². The summed E-state index contributed by atoms with van der Waals surface area (Å²) in [5.74, 6) is -1.46. The Morgan fingerprint density at radius 2 is 1.96 bits per heavy atom. The van der Waals surface area contributed by atoms with Gasteiger partial charge in [0.2, 0.25) is 11.2 Å². The van der Waals surface area contributed by atoms with Crippen molar-refractivity contribution >= 4 is 16.9 Å². The Bertz CT molecular complexity index is 1040. The molecule has 0 bridgehead atoms. The average Bonchev–Trinajstić information content (AvgIpc) is 2.64. The highest BCUT2D eigenvalue weighted by atomic mass is 19.1. The number of hydrogen-bond donors (Lipinski definition) is 3. The first-order valence-electron chi connectivity index (χ1n) is 8.03. The van der Waals surface area contributed by atoms with Crippen molar-refractivity contribution in [1.82, 2.24) is 5.32 Å². The van der Waals surface area contributed by atoms with Crippen molar-refractivity contribution in [2.24, 2.45) is 0 Å². The molecule has 3 aromatic rings. The van der Waals surface area contributed by atoms with Gasteiger partial charge in [0.1, 0.15) is 35.2 Å². The van der Waals surface area contributed by atoms with Gasteiger partial charge < -0.3 is 24.7 Å². The van der Waals surface area contributed by atoms with E-state index in [1.165, 1.54) is 43.3 Å². The lowest BCUT2D eigenvalue weighted by Gasteiger charge is -2.12. The number of rotatable bonds is 6. The third kappa shape index (κ3) is 3.90. The lowest BCUT2D eigenvalue weighted by molar-refractivity contribution is -0.139. The second kappa shape index (κ2) is 7.46. The number of benzene rings is 2. The summed E-state index contributed by atoms with van der Waals surface area (Å²) in [7, 11) is 0. The number of aromatic hydroxyl groups is 1. The number of halogens is 1. The van der Waals surface area contributed by atoms with Crippen LogP contribution in [-0.4, -0.2) is 22.2 Å². The molecule has 2 aromatic carbocycles. The summed E-state index contributed by atoms with van der Waals surface area (Å²) in [6, 6.07) is 7.00. The molecule has 8 heteroatoms. The van der Waals surface area contributed by atoms with Crippen molar-refractivity contribution in [2.45, 2.75) is 19.5 Å². The fraction of sp³-hybridized carbons (Fsp3) is 0.158. The third-order valence-corrected chi connectivity index (χ3v) is 3.98. The Labute approximate surface area is 152 Å². The monoisotopic (exact) mass is 373 g/mol. The minimum atomic E-state index is -1.05. The molecule has 0 spiro atoms. The minimum absolute atomic E-state index is 0.0161. The van der Waals surface area contributed by atoms with Gasteiger partial charge in [0.05, 0.1) is 10.9 Å². The van der Waals surface area contributed by atoms with Gasteiger partial charge in [0.25, 0.3) is 0 Å². The number of ether oxygens (including phenoxy) is 1. The number of carbonyl (C=O) groups is 1. The van der Waals surface area contributed by atoms with E-state index in [9.17, 15) is 19.1 Å². The van der Waals surface area contributed by atoms with E-state index in [4.69, 9.17) is 14.3 Å². The fourth-order valence-corrected chi connectivity index (χ4v) is 2.44. The number of hydrogen-bond acceptors (Lipinski definition) is 6.